The molecule has 4 rings (SSSR count). The number of aromatic nitrogens is 2. The number of nitrogens with one attached hydrogen (secondary N) is 4. The Labute approximate surface area is 223 Å². The topological polar surface area (TPSA) is 111 Å². The summed E-state index contributed by atoms with van der Waals surface area (Å²) in [6, 6.07) is 25.7. The summed E-state index contributed by atoms with van der Waals surface area (Å²) in [5.41, 5.74) is 3.19. The predicted molar refractivity (Wildman–Crippen MR) is 153 cm³/mol. The normalized spacial score (nSPS) is 10.6. The molecule has 0 saturated carbocycles. The van der Waals surface area contributed by atoms with E-state index in [1.54, 1.807) is 36.4 Å². The third-order valence-corrected chi connectivity index (χ3v) is 5.90. The Morgan fingerprint density at radius 2 is 1.47 bits per heavy atom. The smallest absolute Gasteiger partial charge is 0.251 e. The van der Waals surface area contributed by atoms with Crippen molar-refractivity contribution in [2.24, 2.45) is 0 Å². The van der Waals surface area contributed by atoms with Gasteiger partial charge in [-0.25, -0.2) is 0 Å². The van der Waals surface area contributed by atoms with E-state index in [-0.39, 0.29) is 11.7 Å². The fraction of sp³-hybridized carbons (Fsp3) is 0.233. The molecule has 5 N–H and O–H groups in total. The number of hydrogen-bond acceptors (Lipinski definition) is 7. The summed E-state index contributed by atoms with van der Waals surface area (Å²) in [7, 11) is 0. The van der Waals surface area contributed by atoms with Crippen molar-refractivity contribution >= 4 is 34.9 Å². The van der Waals surface area contributed by atoms with Gasteiger partial charge in [-0.2, -0.15) is 9.97 Å². The summed E-state index contributed by atoms with van der Waals surface area (Å²) in [6.07, 6.45) is 4.64. The van der Waals surface area contributed by atoms with E-state index < -0.39 is 0 Å². The monoisotopic (exact) mass is 510 g/mol. The Morgan fingerprint density at radius 1 is 0.789 bits per heavy atom. The molecule has 8 heteroatoms. The van der Waals surface area contributed by atoms with E-state index in [0.717, 1.165) is 29.9 Å². The van der Waals surface area contributed by atoms with E-state index in [0.29, 0.717) is 29.7 Å². The maximum atomic E-state index is 12.6. The standard InChI is InChI=1S/C30H34N6O2/c1-2-3-4-8-19-31-27-20-28(36-30(35-27)34-25-15-17-26(37)18-16-25)33-24-13-11-23(12-14-24)29(38)32-21-22-9-6-5-7-10-22/h5-7,9-18,20,37H,2-4,8,19,21H2,1H3,(H,32,38)(H3,31,33,34,35,36). The molecule has 1 amide bonds. The van der Waals surface area contributed by atoms with Crippen molar-refractivity contribution in [3.8, 4) is 5.75 Å². The highest BCUT2D eigenvalue weighted by molar-refractivity contribution is 5.94. The lowest BCUT2D eigenvalue weighted by atomic mass is 10.1. The van der Waals surface area contributed by atoms with Crippen molar-refractivity contribution in [1.29, 1.82) is 0 Å². The number of aromatic hydroxyl groups is 1. The van der Waals surface area contributed by atoms with E-state index in [2.05, 4.69) is 38.2 Å². The molecule has 0 radical (unpaired) electrons. The van der Waals surface area contributed by atoms with Gasteiger partial charge in [0.2, 0.25) is 5.95 Å². The van der Waals surface area contributed by atoms with Crippen LogP contribution in [0.5, 0.6) is 5.75 Å². The summed E-state index contributed by atoms with van der Waals surface area (Å²) < 4.78 is 0. The number of phenols is 1. The fourth-order valence-corrected chi connectivity index (χ4v) is 3.83. The second-order valence-corrected chi connectivity index (χ2v) is 8.99. The number of nitrogens with zero attached hydrogens (tertiary/aromatic N) is 2. The fourth-order valence-electron chi connectivity index (χ4n) is 3.83. The van der Waals surface area contributed by atoms with Crippen LogP contribution in [0.3, 0.4) is 0 Å². The zero-order chi connectivity index (χ0) is 26.6. The lowest BCUT2D eigenvalue weighted by Gasteiger charge is -2.13. The number of amides is 1. The number of unbranched alkanes of at least 4 members (excludes halogenated alkanes) is 3. The molecule has 38 heavy (non-hydrogen) atoms. The van der Waals surface area contributed by atoms with Gasteiger partial charge in [-0.3, -0.25) is 4.79 Å². The molecule has 4 aromatic rings. The number of rotatable bonds is 13. The minimum absolute atomic E-state index is 0.127. The summed E-state index contributed by atoms with van der Waals surface area (Å²) >= 11 is 0. The van der Waals surface area contributed by atoms with Gasteiger partial charge < -0.3 is 26.4 Å². The Morgan fingerprint density at radius 3 is 2.21 bits per heavy atom. The van der Waals surface area contributed by atoms with Crippen molar-refractivity contribution < 1.29 is 9.90 Å². The van der Waals surface area contributed by atoms with Crippen LogP contribution in [0.25, 0.3) is 0 Å². The van der Waals surface area contributed by atoms with Crippen molar-refractivity contribution in [1.82, 2.24) is 15.3 Å². The molecule has 0 bridgehead atoms. The van der Waals surface area contributed by atoms with Gasteiger partial charge in [0.15, 0.2) is 0 Å². The Bertz CT molecular complexity index is 1290. The van der Waals surface area contributed by atoms with E-state index >= 15 is 0 Å². The van der Waals surface area contributed by atoms with Crippen LogP contribution in [-0.4, -0.2) is 27.5 Å². The molecule has 1 aromatic heterocycles. The predicted octanol–water partition coefficient (Wildman–Crippen LogP) is 6.59. The van der Waals surface area contributed by atoms with Crippen molar-refractivity contribution in [3.63, 3.8) is 0 Å². The van der Waals surface area contributed by atoms with Crippen LogP contribution in [0, 0.1) is 0 Å². The molecule has 0 unspecified atom stereocenters. The molecule has 0 atom stereocenters. The first-order valence-corrected chi connectivity index (χ1v) is 13.0. The second-order valence-electron chi connectivity index (χ2n) is 8.99. The lowest BCUT2D eigenvalue weighted by molar-refractivity contribution is 0.0951. The maximum Gasteiger partial charge on any atom is 0.251 e. The van der Waals surface area contributed by atoms with Gasteiger partial charge in [0.05, 0.1) is 0 Å². The van der Waals surface area contributed by atoms with E-state index in [1.807, 2.05) is 48.5 Å². The van der Waals surface area contributed by atoms with Gasteiger partial charge in [0.25, 0.3) is 5.91 Å². The Hall–Kier alpha value is -4.59. The van der Waals surface area contributed by atoms with E-state index in [1.165, 1.54) is 19.3 Å². The number of hydrogen-bond donors (Lipinski definition) is 5. The molecule has 0 aliphatic heterocycles. The lowest BCUT2D eigenvalue weighted by Crippen LogP contribution is -2.22. The molecular formula is C30H34N6O2. The van der Waals surface area contributed by atoms with Crippen LogP contribution in [-0.2, 0) is 6.54 Å². The number of benzene rings is 3. The van der Waals surface area contributed by atoms with Crippen LogP contribution >= 0.6 is 0 Å². The molecule has 0 saturated heterocycles. The molecule has 0 aliphatic carbocycles. The summed E-state index contributed by atoms with van der Waals surface area (Å²) in [5.74, 6) is 1.81. The third kappa shape index (κ3) is 8.23. The first-order chi connectivity index (χ1) is 18.6. The van der Waals surface area contributed by atoms with Crippen molar-refractivity contribution in [3.05, 3.63) is 96.1 Å². The van der Waals surface area contributed by atoms with Crippen LogP contribution in [0.2, 0.25) is 0 Å². The number of carbonyl (C=O) groups excluding carboxylic acids is 1. The molecule has 3 aromatic carbocycles. The van der Waals surface area contributed by atoms with Gasteiger partial charge in [0.1, 0.15) is 17.4 Å². The van der Waals surface area contributed by atoms with Crippen molar-refractivity contribution in [2.45, 2.75) is 39.2 Å². The number of anilines is 5. The number of phenolic OH excluding ortho intramolecular Hbond substituents is 1. The average Bonchev–Trinajstić information content (AvgIpc) is 2.94. The van der Waals surface area contributed by atoms with E-state index in [4.69, 9.17) is 0 Å². The van der Waals surface area contributed by atoms with Gasteiger partial charge in [-0.1, -0.05) is 56.5 Å². The zero-order valence-electron chi connectivity index (χ0n) is 21.6. The van der Waals surface area contributed by atoms with Crippen LogP contribution in [0.15, 0.2) is 84.9 Å². The highest BCUT2D eigenvalue weighted by Crippen LogP contribution is 2.23. The molecule has 8 nitrogen and oxygen atoms in total. The molecular weight excluding hydrogens is 476 g/mol. The highest BCUT2D eigenvalue weighted by atomic mass is 16.3. The molecule has 0 fully saturated rings. The quantitative estimate of drug-likeness (QED) is 0.102. The molecule has 0 aliphatic rings. The first kappa shape index (κ1) is 26.5. The summed E-state index contributed by atoms with van der Waals surface area (Å²) in [4.78, 5) is 21.8. The molecule has 196 valence electrons. The first-order valence-electron chi connectivity index (χ1n) is 13.0. The Kier molecular flexibility index (Phi) is 9.51. The van der Waals surface area contributed by atoms with Crippen LogP contribution < -0.4 is 21.3 Å². The average molecular weight is 511 g/mol. The second kappa shape index (κ2) is 13.6. The largest absolute Gasteiger partial charge is 0.508 e. The summed E-state index contributed by atoms with van der Waals surface area (Å²) in [6.45, 7) is 3.49. The number of carbonyl (C=O) groups is 1. The van der Waals surface area contributed by atoms with Gasteiger partial charge in [-0.15, -0.1) is 0 Å². The van der Waals surface area contributed by atoms with Gasteiger partial charge in [0, 0.05) is 36.1 Å². The van der Waals surface area contributed by atoms with E-state index in [9.17, 15) is 9.90 Å². The van der Waals surface area contributed by atoms with Crippen LogP contribution in [0.4, 0.5) is 29.0 Å². The molecule has 1 heterocycles. The van der Waals surface area contributed by atoms with Crippen molar-refractivity contribution in [2.75, 3.05) is 22.5 Å². The van der Waals surface area contributed by atoms with Gasteiger partial charge >= 0.3 is 0 Å². The maximum absolute atomic E-state index is 12.6. The summed E-state index contributed by atoms with van der Waals surface area (Å²) in [5, 5.41) is 22.4. The zero-order valence-corrected chi connectivity index (χ0v) is 21.6. The van der Waals surface area contributed by atoms with Gasteiger partial charge in [-0.05, 0) is 60.5 Å². The SMILES string of the molecule is CCCCCCNc1cc(Nc2ccc(C(=O)NCc3ccccc3)cc2)nc(Nc2ccc(O)cc2)n1. The minimum Gasteiger partial charge on any atom is -0.508 e. The van der Waals surface area contributed by atoms with Crippen LogP contribution in [0.1, 0.15) is 48.5 Å². The Balaban J connectivity index is 1.43. The third-order valence-electron chi connectivity index (χ3n) is 5.90. The minimum atomic E-state index is -0.127. The highest BCUT2D eigenvalue weighted by Gasteiger charge is 2.09. The molecule has 0 spiro atoms.